The average molecular weight is 491 g/mol. The molecule has 0 radical (unpaired) electrons. The number of rotatable bonds is 6. The minimum atomic E-state index is -4.41. The Labute approximate surface area is 186 Å². The lowest BCUT2D eigenvalue weighted by atomic mass is 10.0. The van der Waals surface area contributed by atoms with E-state index in [1.807, 2.05) is 4.90 Å². The van der Waals surface area contributed by atoms with Gasteiger partial charge in [-0.3, -0.25) is 4.90 Å². The number of nitrogens with zero attached hydrogens (tertiary/aromatic N) is 2. The summed E-state index contributed by atoms with van der Waals surface area (Å²) in [6.07, 6.45) is -2.47. The van der Waals surface area contributed by atoms with Gasteiger partial charge in [-0.25, -0.2) is 16.8 Å². The van der Waals surface area contributed by atoms with Crippen molar-refractivity contribution in [1.29, 1.82) is 0 Å². The number of sulfonamides is 1. The summed E-state index contributed by atoms with van der Waals surface area (Å²) >= 11 is 0. The van der Waals surface area contributed by atoms with Gasteiger partial charge in [0.15, 0.2) is 9.84 Å². The molecule has 1 aliphatic rings. The molecule has 32 heavy (non-hydrogen) atoms. The molecule has 0 aromatic heterocycles. The summed E-state index contributed by atoms with van der Waals surface area (Å²) in [5.74, 6) is 0. The van der Waals surface area contributed by atoms with Crippen LogP contribution in [0.3, 0.4) is 0 Å². The smallest absolute Gasteiger partial charge is 0.299 e. The Hall–Kier alpha value is -1.95. The summed E-state index contributed by atoms with van der Waals surface area (Å²) in [6.45, 7) is 0.689. The minimum absolute atomic E-state index is 0.0128. The molecule has 0 aliphatic carbocycles. The predicted octanol–water partition coefficient (Wildman–Crippen LogP) is 3.39. The van der Waals surface area contributed by atoms with Gasteiger partial charge in [-0.05, 0) is 43.7 Å². The molecule has 0 spiro atoms. The second kappa shape index (κ2) is 9.12. The van der Waals surface area contributed by atoms with E-state index in [1.165, 1.54) is 34.6 Å². The molecule has 6 nitrogen and oxygen atoms in total. The molecule has 0 bridgehead atoms. The summed E-state index contributed by atoms with van der Waals surface area (Å²) in [4.78, 5) is 1.45. The van der Waals surface area contributed by atoms with Crippen molar-refractivity contribution in [3.8, 4) is 0 Å². The van der Waals surface area contributed by atoms with Gasteiger partial charge in [0.1, 0.15) is 4.90 Å². The fourth-order valence-corrected chi connectivity index (χ4v) is 6.97. The van der Waals surface area contributed by atoms with E-state index in [-0.39, 0.29) is 28.9 Å². The highest BCUT2D eigenvalue weighted by molar-refractivity contribution is 7.93. The number of piperidine rings is 1. The van der Waals surface area contributed by atoms with E-state index < -0.39 is 31.6 Å². The van der Waals surface area contributed by atoms with Gasteiger partial charge in [0.25, 0.3) is 0 Å². The Bertz CT molecular complexity index is 1170. The van der Waals surface area contributed by atoms with Crippen LogP contribution in [0.1, 0.15) is 24.0 Å². The fraction of sp³-hybridized carbons (Fsp3) is 0.429. The summed E-state index contributed by atoms with van der Waals surface area (Å²) in [6, 6.07) is 10.7. The van der Waals surface area contributed by atoms with E-state index >= 15 is 0 Å². The third kappa shape index (κ3) is 5.51. The summed E-state index contributed by atoms with van der Waals surface area (Å²) in [5, 5.41) is 0. The zero-order valence-electron chi connectivity index (χ0n) is 17.7. The standard InChI is InChI=1S/C21H25F3N2O4S2/c1-25(15-16-6-5-7-17(14-16)21(22,23)24)18-10-12-26(13-11-18)32(29,30)20-9-4-3-8-19(20)31(2,27)28/h3-9,14,18H,10-13,15H2,1-2H3. The van der Waals surface area contributed by atoms with Crippen molar-refractivity contribution in [2.75, 3.05) is 26.4 Å². The maximum Gasteiger partial charge on any atom is 0.416 e. The summed E-state index contributed by atoms with van der Waals surface area (Å²) in [5.41, 5.74) is -0.173. The topological polar surface area (TPSA) is 74.8 Å². The Balaban J connectivity index is 1.69. The van der Waals surface area contributed by atoms with E-state index in [0.29, 0.717) is 24.9 Å². The van der Waals surface area contributed by atoms with Gasteiger partial charge in [0, 0.05) is 31.9 Å². The molecule has 2 aromatic carbocycles. The van der Waals surface area contributed by atoms with Crippen LogP contribution in [0.15, 0.2) is 58.3 Å². The molecule has 1 aliphatic heterocycles. The van der Waals surface area contributed by atoms with Crippen LogP contribution < -0.4 is 0 Å². The van der Waals surface area contributed by atoms with Crippen molar-refractivity contribution in [2.24, 2.45) is 0 Å². The van der Waals surface area contributed by atoms with E-state index in [1.54, 1.807) is 13.1 Å². The van der Waals surface area contributed by atoms with Crippen LogP contribution in [0, 0.1) is 0 Å². The highest BCUT2D eigenvalue weighted by Gasteiger charge is 2.34. The number of benzene rings is 2. The number of halogens is 3. The van der Waals surface area contributed by atoms with Crippen LogP contribution in [0.5, 0.6) is 0 Å². The van der Waals surface area contributed by atoms with E-state index in [9.17, 15) is 30.0 Å². The molecule has 1 fully saturated rings. The first-order valence-corrected chi connectivity index (χ1v) is 13.3. The Morgan fingerprint density at radius 3 is 2.12 bits per heavy atom. The molecule has 0 amide bonds. The molecule has 11 heteroatoms. The first kappa shape index (κ1) is 24.7. The summed E-state index contributed by atoms with van der Waals surface area (Å²) in [7, 11) is -5.92. The predicted molar refractivity (Wildman–Crippen MR) is 114 cm³/mol. The minimum Gasteiger partial charge on any atom is -0.299 e. The molecule has 1 heterocycles. The lowest BCUT2D eigenvalue weighted by Crippen LogP contribution is -2.45. The monoisotopic (exact) mass is 490 g/mol. The normalized spacial score (nSPS) is 17.1. The van der Waals surface area contributed by atoms with E-state index in [4.69, 9.17) is 0 Å². The van der Waals surface area contributed by atoms with Crippen molar-refractivity contribution >= 4 is 19.9 Å². The third-order valence-corrected chi connectivity index (χ3v) is 8.84. The van der Waals surface area contributed by atoms with E-state index in [0.717, 1.165) is 18.4 Å². The summed E-state index contributed by atoms with van der Waals surface area (Å²) < 4.78 is 90.3. The Kier molecular flexibility index (Phi) is 7.04. The van der Waals surface area contributed by atoms with Crippen LogP contribution in [0.4, 0.5) is 13.2 Å². The molecule has 0 N–H and O–H groups in total. The largest absolute Gasteiger partial charge is 0.416 e. The van der Waals surface area contributed by atoms with Gasteiger partial charge < -0.3 is 0 Å². The highest BCUT2D eigenvalue weighted by Crippen LogP contribution is 2.31. The second-order valence-corrected chi connectivity index (χ2v) is 11.9. The number of hydrogen-bond donors (Lipinski definition) is 0. The molecule has 1 saturated heterocycles. The fourth-order valence-electron chi connectivity index (χ4n) is 3.90. The first-order chi connectivity index (χ1) is 14.8. The van der Waals surface area contributed by atoms with Gasteiger partial charge >= 0.3 is 6.18 Å². The maximum absolute atomic E-state index is 13.1. The molecule has 0 saturated carbocycles. The van der Waals surface area contributed by atoms with E-state index in [2.05, 4.69) is 0 Å². The van der Waals surface area contributed by atoms with Crippen molar-refractivity contribution in [1.82, 2.24) is 9.21 Å². The molecule has 0 unspecified atom stereocenters. The zero-order valence-corrected chi connectivity index (χ0v) is 19.3. The van der Waals surface area contributed by atoms with Crippen LogP contribution in [-0.2, 0) is 32.6 Å². The van der Waals surface area contributed by atoms with Crippen LogP contribution in [0.2, 0.25) is 0 Å². The number of sulfone groups is 1. The lowest BCUT2D eigenvalue weighted by molar-refractivity contribution is -0.137. The lowest BCUT2D eigenvalue weighted by Gasteiger charge is -2.36. The Morgan fingerprint density at radius 1 is 0.969 bits per heavy atom. The number of hydrogen-bond acceptors (Lipinski definition) is 5. The van der Waals surface area contributed by atoms with Crippen LogP contribution in [-0.4, -0.2) is 58.5 Å². The van der Waals surface area contributed by atoms with Crippen LogP contribution >= 0.6 is 0 Å². The quantitative estimate of drug-likeness (QED) is 0.621. The zero-order chi connectivity index (χ0) is 23.7. The second-order valence-electron chi connectivity index (χ2n) is 7.97. The number of alkyl halides is 3. The molecule has 0 atom stereocenters. The third-order valence-electron chi connectivity index (χ3n) is 5.60. The van der Waals surface area contributed by atoms with Gasteiger partial charge in [-0.2, -0.15) is 17.5 Å². The van der Waals surface area contributed by atoms with Gasteiger partial charge in [0.2, 0.25) is 10.0 Å². The van der Waals surface area contributed by atoms with Crippen molar-refractivity contribution in [2.45, 2.75) is 41.4 Å². The van der Waals surface area contributed by atoms with Gasteiger partial charge in [-0.1, -0.05) is 30.3 Å². The van der Waals surface area contributed by atoms with Crippen molar-refractivity contribution in [3.05, 3.63) is 59.7 Å². The van der Waals surface area contributed by atoms with Gasteiger partial charge in [-0.15, -0.1) is 0 Å². The molecule has 176 valence electrons. The van der Waals surface area contributed by atoms with Crippen molar-refractivity contribution < 1.29 is 30.0 Å². The highest BCUT2D eigenvalue weighted by atomic mass is 32.2. The van der Waals surface area contributed by atoms with Crippen LogP contribution in [0.25, 0.3) is 0 Å². The van der Waals surface area contributed by atoms with Gasteiger partial charge in [0.05, 0.1) is 10.5 Å². The Morgan fingerprint density at radius 2 is 1.56 bits per heavy atom. The maximum atomic E-state index is 13.1. The molecular formula is C21H25F3N2O4S2. The average Bonchev–Trinajstić information content (AvgIpc) is 2.73. The molecular weight excluding hydrogens is 465 g/mol. The van der Waals surface area contributed by atoms with Crippen molar-refractivity contribution in [3.63, 3.8) is 0 Å². The molecule has 2 aromatic rings. The first-order valence-electron chi connectivity index (χ1n) is 9.96. The molecule has 3 rings (SSSR count). The SMILES string of the molecule is CN(Cc1cccc(C(F)(F)F)c1)C1CCN(S(=O)(=O)c2ccccc2S(C)(=O)=O)CC1.